The van der Waals surface area contributed by atoms with E-state index in [4.69, 9.17) is 4.74 Å². The highest BCUT2D eigenvalue weighted by Gasteiger charge is 2.13. The number of anilines is 1. The quantitative estimate of drug-likeness (QED) is 0.525. The predicted octanol–water partition coefficient (Wildman–Crippen LogP) is 4.50. The van der Waals surface area contributed by atoms with Crippen LogP contribution in [0.4, 0.5) is 5.69 Å². The smallest absolute Gasteiger partial charge is 0.234 e. The lowest BCUT2D eigenvalue weighted by atomic mass is 10.1. The fourth-order valence-electron chi connectivity index (χ4n) is 2.55. The summed E-state index contributed by atoms with van der Waals surface area (Å²) in [6.45, 7) is 4.32. The van der Waals surface area contributed by atoms with E-state index in [-0.39, 0.29) is 11.7 Å². The van der Waals surface area contributed by atoms with Gasteiger partial charge in [-0.1, -0.05) is 45.4 Å². The molecule has 1 amide bonds. The summed E-state index contributed by atoms with van der Waals surface area (Å²) in [4.78, 5) is 12.3. The molecule has 0 spiro atoms. The standard InChI is InChI=1S/C20H21BrN4O2S/c1-13-4-9-17(14(2)10-13)22-19(26)12-28-20-24-23-18(25(20)3)11-27-16-7-5-15(21)6-8-16/h4-10H,11-12H2,1-3H3,(H,22,26). The van der Waals surface area contributed by atoms with Crippen molar-refractivity contribution in [1.29, 1.82) is 0 Å². The Kier molecular flexibility index (Phi) is 6.74. The fraction of sp³-hybridized carbons (Fsp3) is 0.250. The van der Waals surface area contributed by atoms with Crippen LogP contribution in [0.2, 0.25) is 0 Å². The van der Waals surface area contributed by atoms with Crippen LogP contribution in [0.25, 0.3) is 0 Å². The van der Waals surface area contributed by atoms with Crippen LogP contribution in [-0.2, 0) is 18.4 Å². The minimum absolute atomic E-state index is 0.0763. The third kappa shape index (κ3) is 5.36. The number of hydrogen-bond donors (Lipinski definition) is 1. The highest BCUT2D eigenvalue weighted by molar-refractivity contribution is 9.10. The molecule has 146 valence electrons. The number of halogens is 1. The second-order valence-electron chi connectivity index (χ2n) is 6.36. The zero-order chi connectivity index (χ0) is 20.1. The van der Waals surface area contributed by atoms with E-state index in [1.165, 1.54) is 17.3 Å². The van der Waals surface area contributed by atoms with Gasteiger partial charge in [-0.15, -0.1) is 10.2 Å². The van der Waals surface area contributed by atoms with Crippen molar-refractivity contribution >= 4 is 39.3 Å². The van der Waals surface area contributed by atoms with Gasteiger partial charge in [0.25, 0.3) is 0 Å². The maximum absolute atomic E-state index is 12.3. The van der Waals surface area contributed by atoms with Crippen molar-refractivity contribution in [3.63, 3.8) is 0 Å². The highest BCUT2D eigenvalue weighted by Crippen LogP contribution is 2.20. The molecular weight excluding hydrogens is 440 g/mol. The molecule has 1 N–H and O–H groups in total. The average Bonchev–Trinajstić information content (AvgIpc) is 3.02. The Hall–Kier alpha value is -2.32. The van der Waals surface area contributed by atoms with E-state index in [0.717, 1.165) is 21.5 Å². The zero-order valence-electron chi connectivity index (χ0n) is 15.9. The van der Waals surface area contributed by atoms with E-state index in [2.05, 4.69) is 31.4 Å². The molecule has 0 saturated heterocycles. The molecule has 0 radical (unpaired) electrons. The van der Waals surface area contributed by atoms with E-state index in [0.29, 0.717) is 17.6 Å². The van der Waals surface area contributed by atoms with Gasteiger partial charge in [-0.3, -0.25) is 4.79 Å². The molecule has 28 heavy (non-hydrogen) atoms. The molecule has 2 aromatic carbocycles. The Labute approximate surface area is 176 Å². The first-order valence-electron chi connectivity index (χ1n) is 8.69. The fourth-order valence-corrected chi connectivity index (χ4v) is 3.54. The van der Waals surface area contributed by atoms with Crippen molar-refractivity contribution in [3.8, 4) is 5.75 Å². The number of amides is 1. The van der Waals surface area contributed by atoms with E-state index in [1.54, 1.807) is 0 Å². The van der Waals surface area contributed by atoms with Gasteiger partial charge in [0.1, 0.15) is 12.4 Å². The molecule has 1 aromatic heterocycles. The molecule has 8 heteroatoms. The van der Waals surface area contributed by atoms with Crippen LogP contribution < -0.4 is 10.1 Å². The lowest BCUT2D eigenvalue weighted by Crippen LogP contribution is -2.15. The predicted molar refractivity (Wildman–Crippen MR) is 115 cm³/mol. The van der Waals surface area contributed by atoms with Crippen molar-refractivity contribution in [2.45, 2.75) is 25.6 Å². The van der Waals surface area contributed by atoms with E-state index < -0.39 is 0 Å². The van der Waals surface area contributed by atoms with Gasteiger partial charge >= 0.3 is 0 Å². The van der Waals surface area contributed by atoms with Crippen molar-refractivity contribution in [3.05, 3.63) is 63.9 Å². The highest BCUT2D eigenvalue weighted by atomic mass is 79.9. The number of rotatable bonds is 7. The minimum Gasteiger partial charge on any atom is -0.486 e. The zero-order valence-corrected chi connectivity index (χ0v) is 18.3. The summed E-state index contributed by atoms with van der Waals surface area (Å²) in [5.41, 5.74) is 3.05. The van der Waals surface area contributed by atoms with Crippen molar-refractivity contribution in [2.75, 3.05) is 11.1 Å². The van der Waals surface area contributed by atoms with Crippen molar-refractivity contribution in [1.82, 2.24) is 14.8 Å². The van der Waals surface area contributed by atoms with Crippen LogP contribution in [0, 0.1) is 13.8 Å². The molecular formula is C20H21BrN4O2S. The van der Waals surface area contributed by atoms with Gasteiger partial charge in [0.2, 0.25) is 5.91 Å². The maximum atomic E-state index is 12.3. The van der Waals surface area contributed by atoms with E-state index in [1.807, 2.05) is 67.9 Å². The number of hydrogen-bond acceptors (Lipinski definition) is 5. The monoisotopic (exact) mass is 460 g/mol. The Morgan fingerprint density at radius 1 is 1.18 bits per heavy atom. The van der Waals surface area contributed by atoms with Crippen LogP contribution in [0.5, 0.6) is 5.75 Å². The van der Waals surface area contributed by atoms with Crippen LogP contribution in [0.15, 0.2) is 52.1 Å². The molecule has 1 heterocycles. The average molecular weight is 461 g/mol. The van der Waals surface area contributed by atoms with Gasteiger partial charge in [0, 0.05) is 17.2 Å². The first-order chi connectivity index (χ1) is 13.4. The minimum atomic E-state index is -0.0763. The number of carbonyl (C=O) groups is 1. The van der Waals surface area contributed by atoms with Gasteiger partial charge in [0.15, 0.2) is 11.0 Å². The summed E-state index contributed by atoms with van der Waals surface area (Å²) in [6.07, 6.45) is 0. The SMILES string of the molecule is Cc1ccc(NC(=O)CSc2nnc(COc3ccc(Br)cc3)n2C)c(C)c1. The molecule has 3 rings (SSSR count). The van der Waals surface area contributed by atoms with Crippen LogP contribution >= 0.6 is 27.7 Å². The van der Waals surface area contributed by atoms with E-state index >= 15 is 0 Å². The van der Waals surface area contributed by atoms with Crippen molar-refractivity contribution < 1.29 is 9.53 Å². The number of nitrogens with one attached hydrogen (secondary N) is 1. The molecule has 3 aromatic rings. The largest absolute Gasteiger partial charge is 0.486 e. The normalized spacial score (nSPS) is 10.7. The number of benzene rings is 2. The molecule has 0 aliphatic rings. The number of carbonyl (C=O) groups excluding carboxylic acids is 1. The Morgan fingerprint density at radius 2 is 1.93 bits per heavy atom. The number of nitrogens with zero attached hydrogens (tertiary/aromatic N) is 3. The Bertz CT molecular complexity index is 973. The van der Waals surface area contributed by atoms with Crippen LogP contribution in [0.1, 0.15) is 17.0 Å². The summed E-state index contributed by atoms with van der Waals surface area (Å²) in [5.74, 6) is 1.63. The lowest BCUT2D eigenvalue weighted by molar-refractivity contribution is -0.113. The molecule has 0 aliphatic carbocycles. The van der Waals surface area contributed by atoms with Crippen LogP contribution in [0.3, 0.4) is 0 Å². The van der Waals surface area contributed by atoms with Gasteiger partial charge < -0.3 is 14.6 Å². The Balaban J connectivity index is 1.53. The number of ether oxygens (including phenoxy) is 1. The summed E-state index contributed by atoms with van der Waals surface area (Å²) < 4.78 is 8.57. The Morgan fingerprint density at radius 3 is 2.64 bits per heavy atom. The molecule has 0 bridgehead atoms. The van der Waals surface area contributed by atoms with Crippen LogP contribution in [-0.4, -0.2) is 26.4 Å². The molecule has 6 nitrogen and oxygen atoms in total. The van der Waals surface area contributed by atoms with E-state index in [9.17, 15) is 4.79 Å². The summed E-state index contributed by atoms with van der Waals surface area (Å²) >= 11 is 4.74. The summed E-state index contributed by atoms with van der Waals surface area (Å²) in [7, 11) is 1.87. The molecule has 0 saturated carbocycles. The lowest BCUT2D eigenvalue weighted by Gasteiger charge is -2.09. The second kappa shape index (κ2) is 9.25. The van der Waals surface area contributed by atoms with Gasteiger partial charge in [-0.25, -0.2) is 0 Å². The van der Waals surface area contributed by atoms with Crippen molar-refractivity contribution in [2.24, 2.45) is 7.05 Å². The third-order valence-electron chi connectivity index (χ3n) is 4.10. The van der Waals surface area contributed by atoms with Gasteiger partial charge in [0.05, 0.1) is 5.75 Å². The molecule has 0 fully saturated rings. The first-order valence-corrected chi connectivity index (χ1v) is 10.5. The molecule has 0 atom stereocenters. The third-order valence-corrected chi connectivity index (χ3v) is 5.64. The number of thioether (sulfide) groups is 1. The van der Waals surface area contributed by atoms with Gasteiger partial charge in [-0.05, 0) is 49.7 Å². The summed E-state index contributed by atoms with van der Waals surface area (Å²) in [5, 5.41) is 11.9. The molecule has 0 unspecified atom stereocenters. The maximum Gasteiger partial charge on any atom is 0.234 e. The first kappa shape index (κ1) is 20.4. The van der Waals surface area contributed by atoms with Gasteiger partial charge in [-0.2, -0.15) is 0 Å². The molecule has 0 aliphatic heterocycles. The number of aromatic nitrogens is 3. The topological polar surface area (TPSA) is 69.0 Å². The summed E-state index contributed by atoms with van der Waals surface area (Å²) in [6, 6.07) is 13.6. The second-order valence-corrected chi connectivity index (χ2v) is 8.21. The number of aryl methyl sites for hydroxylation is 2.